The van der Waals surface area contributed by atoms with Crippen LogP contribution in [-0.2, 0) is 0 Å². The molecule has 0 saturated heterocycles. The Morgan fingerprint density at radius 2 is 2.21 bits per heavy atom. The number of likely N-dealkylation sites (N-methyl/N-ethyl adjacent to an activating group) is 1. The number of hydrogen-bond acceptors (Lipinski definition) is 3. The predicted molar refractivity (Wildman–Crippen MR) is 57.9 cm³/mol. The van der Waals surface area contributed by atoms with Gasteiger partial charge in [-0.15, -0.1) is 0 Å². The Hall–Kier alpha value is -1.09. The molecule has 0 fully saturated rings. The molecule has 0 atom stereocenters. The first-order chi connectivity index (χ1) is 6.86. The molecule has 1 aromatic heterocycles. The van der Waals surface area contributed by atoms with Crippen molar-refractivity contribution in [1.82, 2.24) is 9.88 Å². The minimum absolute atomic E-state index is 0.781. The Balaban J connectivity index is 0.000000461. The standard InChI is InChI=1S/C9H12N2O.C2H6/c1-11-5-2-8(3-6-11)9-10-4-7-12-9;1-2/h2,4,7H,3,5-6H2,1H3;1-2H3. The number of oxazole rings is 1. The molecule has 0 aromatic carbocycles. The first-order valence-corrected chi connectivity index (χ1v) is 5.14. The Kier molecular flexibility index (Phi) is 4.40. The summed E-state index contributed by atoms with van der Waals surface area (Å²) < 4.78 is 5.21. The highest BCUT2D eigenvalue weighted by atomic mass is 16.3. The second-order valence-electron chi connectivity index (χ2n) is 3.08. The van der Waals surface area contributed by atoms with Crippen molar-refractivity contribution >= 4 is 5.57 Å². The fourth-order valence-corrected chi connectivity index (χ4v) is 1.35. The van der Waals surface area contributed by atoms with E-state index < -0.39 is 0 Å². The molecule has 3 heteroatoms. The summed E-state index contributed by atoms with van der Waals surface area (Å²) in [7, 11) is 2.11. The molecule has 0 N–H and O–H groups in total. The second kappa shape index (κ2) is 5.60. The van der Waals surface area contributed by atoms with Gasteiger partial charge < -0.3 is 9.32 Å². The summed E-state index contributed by atoms with van der Waals surface area (Å²) in [5.41, 5.74) is 1.23. The molecule has 1 aliphatic heterocycles. The zero-order valence-corrected chi connectivity index (χ0v) is 9.16. The summed E-state index contributed by atoms with van der Waals surface area (Å²) >= 11 is 0. The van der Waals surface area contributed by atoms with E-state index in [0.29, 0.717) is 0 Å². The van der Waals surface area contributed by atoms with Gasteiger partial charge in [-0.3, -0.25) is 0 Å². The Morgan fingerprint density at radius 1 is 1.43 bits per heavy atom. The molecule has 0 unspecified atom stereocenters. The highest BCUT2D eigenvalue weighted by molar-refractivity contribution is 5.59. The van der Waals surface area contributed by atoms with E-state index >= 15 is 0 Å². The first kappa shape index (κ1) is 11.0. The smallest absolute Gasteiger partial charge is 0.221 e. The van der Waals surface area contributed by atoms with Gasteiger partial charge >= 0.3 is 0 Å². The molecule has 2 heterocycles. The van der Waals surface area contributed by atoms with Gasteiger partial charge in [-0.05, 0) is 13.5 Å². The minimum atomic E-state index is 0.781. The Labute approximate surface area is 85.4 Å². The van der Waals surface area contributed by atoms with Crippen molar-refractivity contribution in [2.75, 3.05) is 20.1 Å². The van der Waals surface area contributed by atoms with Crippen LogP contribution in [0.15, 0.2) is 23.0 Å². The van der Waals surface area contributed by atoms with Crippen molar-refractivity contribution in [3.8, 4) is 0 Å². The van der Waals surface area contributed by atoms with Crippen LogP contribution in [0.2, 0.25) is 0 Å². The van der Waals surface area contributed by atoms with Crippen molar-refractivity contribution in [1.29, 1.82) is 0 Å². The van der Waals surface area contributed by atoms with Gasteiger partial charge in [-0.1, -0.05) is 19.9 Å². The van der Waals surface area contributed by atoms with E-state index in [1.54, 1.807) is 12.5 Å². The van der Waals surface area contributed by atoms with Gasteiger partial charge in [0, 0.05) is 18.7 Å². The Bertz CT molecular complexity index is 277. The van der Waals surface area contributed by atoms with E-state index in [9.17, 15) is 0 Å². The summed E-state index contributed by atoms with van der Waals surface area (Å²) in [5, 5.41) is 0. The molecule has 0 spiro atoms. The molecule has 1 aliphatic rings. The summed E-state index contributed by atoms with van der Waals surface area (Å²) in [6, 6.07) is 0. The maximum atomic E-state index is 5.21. The van der Waals surface area contributed by atoms with Crippen LogP contribution in [0.25, 0.3) is 5.57 Å². The normalized spacial score (nSPS) is 16.9. The van der Waals surface area contributed by atoms with Gasteiger partial charge in [0.05, 0.1) is 6.20 Å². The van der Waals surface area contributed by atoms with Crippen LogP contribution in [-0.4, -0.2) is 30.0 Å². The van der Waals surface area contributed by atoms with E-state index in [2.05, 4.69) is 23.0 Å². The monoisotopic (exact) mass is 194 g/mol. The van der Waals surface area contributed by atoms with E-state index in [-0.39, 0.29) is 0 Å². The van der Waals surface area contributed by atoms with Gasteiger partial charge in [0.25, 0.3) is 0 Å². The third-order valence-corrected chi connectivity index (χ3v) is 2.12. The van der Waals surface area contributed by atoms with Crippen molar-refractivity contribution in [3.63, 3.8) is 0 Å². The van der Waals surface area contributed by atoms with Gasteiger partial charge in [-0.25, -0.2) is 4.98 Å². The maximum Gasteiger partial charge on any atom is 0.221 e. The molecule has 2 rings (SSSR count). The fourth-order valence-electron chi connectivity index (χ4n) is 1.35. The third-order valence-electron chi connectivity index (χ3n) is 2.12. The van der Waals surface area contributed by atoms with Gasteiger partial charge in [-0.2, -0.15) is 0 Å². The largest absolute Gasteiger partial charge is 0.445 e. The van der Waals surface area contributed by atoms with Crippen LogP contribution in [0.1, 0.15) is 26.2 Å². The second-order valence-corrected chi connectivity index (χ2v) is 3.08. The summed E-state index contributed by atoms with van der Waals surface area (Å²) in [6.45, 7) is 6.09. The maximum absolute atomic E-state index is 5.21. The first-order valence-electron chi connectivity index (χ1n) is 5.14. The van der Waals surface area contributed by atoms with Crippen LogP contribution < -0.4 is 0 Å². The van der Waals surface area contributed by atoms with E-state index in [0.717, 1.165) is 25.4 Å². The quantitative estimate of drug-likeness (QED) is 0.687. The molecule has 3 nitrogen and oxygen atoms in total. The minimum Gasteiger partial charge on any atom is -0.445 e. The number of hydrogen-bond donors (Lipinski definition) is 0. The summed E-state index contributed by atoms with van der Waals surface area (Å²) in [4.78, 5) is 6.38. The molecule has 0 amide bonds. The van der Waals surface area contributed by atoms with E-state index in [4.69, 9.17) is 4.42 Å². The lowest BCUT2D eigenvalue weighted by atomic mass is 10.1. The highest BCUT2D eigenvalue weighted by Gasteiger charge is 2.11. The highest BCUT2D eigenvalue weighted by Crippen LogP contribution is 2.19. The van der Waals surface area contributed by atoms with Crippen molar-refractivity contribution < 1.29 is 4.42 Å². The van der Waals surface area contributed by atoms with Gasteiger partial charge in [0.1, 0.15) is 6.26 Å². The number of nitrogens with zero attached hydrogens (tertiary/aromatic N) is 2. The van der Waals surface area contributed by atoms with Gasteiger partial charge in [0.2, 0.25) is 5.89 Å². The fraction of sp³-hybridized carbons (Fsp3) is 0.545. The molecule has 0 bridgehead atoms. The molecular weight excluding hydrogens is 176 g/mol. The van der Waals surface area contributed by atoms with Crippen LogP contribution in [0.3, 0.4) is 0 Å². The van der Waals surface area contributed by atoms with Crippen molar-refractivity contribution in [3.05, 3.63) is 24.4 Å². The average molecular weight is 194 g/mol. The molecule has 0 aliphatic carbocycles. The zero-order valence-electron chi connectivity index (χ0n) is 9.16. The van der Waals surface area contributed by atoms with Crippen molar-refractivity contribution in [2.24, 2.45) is 0 Å². The van der Waals surface area contributed by atoms with E-state index in [1.807, 2.05) is 13.8 Å². The predicted octanol–water partition coefficient (Wildman–Crippen LogP) is 2.42. The van der Waals surface area contributed by atoms with E-state index in [1.165, 1.54) is 5.57 Å². The molecule has 78 valence electrons. The molecule has 0 saturated carbocycles. The number of rotatable bonds is 1. The SMILES string of the molecule is CC.CN1CC=C(c2ncco2)CC1. The number of aromatic nitrogens is 1. The molecule has 14 heavy (non-hydrogen) atoms. The third kappa shape index (κ3) is 2.70. The lowest BCUT2D eigenvalue weighted by Gasteiger charge is -2.19. The van der Waals surface area contributed by atoms with Crippen LogP contribution in [0.5, 0.6) is 0 Å². The Morgan fingerprint density at radius 3 is 2.71 bits per heavy atom. The lowest BCUT2D eigenvalue weighted by molar-refractivity contribution is 0.367. The van der Waals surface area contributed by atoms with Crippen LogP contribution in [0, 0.1) is 0 Å². The lowest BCUT2D eigenvalue weighted by Crippen LogP contribution is -2.23. The molecule has 0 radical (unpaired) electrons. The van der Waals surface area contributed by atoms with Crippen molar-refractivity contribution in [2.45, 2.75) is 20.3 Å². The average Bonchev–Trinajstić information content (AvgIpc) is 2.75. The summed E-state index contributed by atoms with van der Waals surface area (Å²) in [6.07, 6.45) is 6.52. The van der Waals surface area contributed by atoms with Gasteiger partial charge in [0.15, 0.2) is 0 Å². The van der Waals surface area contributed by atoms with Crippen LogP contribution >= 0.6 is 0 Å². The molecular formula is C11H18N2O. The van der Waals surface area contributed by atoms with Crippen LogP contribution in [0.4, 0.5) is 0 Å². The zero-order chi connectivity index (χ0) is 10.4. The summed E-state index contributed by atoms with van der Waals surface area (Å²) in [5.74, 6) is 0.781. The topological polar surface area (TPSA) is 29.3 Å². The molecule has 1 aromatic rings.